The van der Waals surface area contributed by atoms with E-state index in [9.17, 15) is 8.78 Å². The highest BCUT2D eigenvalue weighted by Crippen LogP contribution is 2.34. The minimum atomic E-state index is -0.611. The molecule has 24 heavy (non-hydrogen) atoms. The number of hydrogen-bond donors (Lipinski definition) is 0. The fourth-order valence-electron chi connectivity index (χ4n) is 3.19. The van der Waals surface area contributed by atoms with Crippen LogP contribution in [-0.2, 0) is 0 Å². The van der Waals surface area contributed by atoms with Crippen LogP contribution in [0.5, 0.6) is 0 Å². The highest BCUT2D eigenvalue weighted by molar-refractivity contribution is 9.10. The maximum atomic E-state index is 14.1. The number of nitrogens with zero attached hydrogens (tertiary/aromatic N) is 1. The molecule has 0 fully saturated rings. The lowest BCUT2D eigenvalue weighted by atomic mass is 10.1. The van der Waals surface area contributed by atoms with Crippen LogP contribution in [0.25, 0.3) is 27.5 Å². The molecule has 0 N–H and O–H groups in total. The number of halogens is 3. The van der Waals surface area contributed by atoms with Crippen LogP contribution in [0.1, 0.15) is 11.1 Å². The quantitative estimate of drug-likeness (QED) is 0.332. The maximum Gasteiger partial charge on any atom is 0.142 e. The first-order valence-electron chi connectivity index (χ1n) is 7.62. The molecule has 0 aliphatic heterocycles. The van der Waals surface area contributed by atoms with Crippen molar-refractivity contribution in [1.29, 1.82) is 0 Å². The predicted molar refractivity (Wildman–Crippen MR) is 97.9 cm³/mol. The number of hydrogen-bond acceptors (Lipinski definition) is 0. The van der Waals surface area contributed by atoms with Gasteiger partial charge in [-0.05, 0) is 65.2 Å². The lowest BCUT2D eigenvalue weighted by Crippen LogP contribution is -1.97. The second-order valence-electron chi connectivity index (χ2n) is 6.10. The van der Waals surface area contributed by atoms with Crippen molar-refractivity contribution in [3.63, 3.8) is 0 Å². The third-order valence-electron chi connectivity index (χ3n) is 4.31. The SMILES string of the molecule is Cc1ccc2c3ccc(C)cc3n(-c3cc(F)c(Br)c(F)c3)c2c1. The standard InChI is InChI=1S/C20H14BrF2N/c1-11-3-5-14-15-6-4-12(2)8-19(15)24(18(14)7-11)13-9-16(22)20(21)17(23)10-13/h3-10H,1-2H3. The Labute approximate surface area is 146 Å². The fourth-order valence-corrected chi connectivity index (χ4v) is 3.42. The van der Waals surface area contributed by atoms with Crippen molar-refractivity contribution in [3.05, 3.63) is 75.8 Å². The molecule has 0 aliphatic carbocycles. The molecule has 0 unspecified atom stereocenters. The molecule has 4 rings (SSSR count). The van der Waals surface area contributed by atoms with E-state index in [2.05, 4.69) is 40.2 Å². The predicted octanol–water partition coefficient (Wildman–Crippen LogP) is 6.44. The van der Waals surface area contributed by atoms with Crippen LogP contribution in [-0.4, -0.2) is 4.57 Å². The summed E-state index contributed by atoms with van der Waals surface area (Å²) in [5.41, 5.74) is 4.56. The monoisotopic (exact) mass is 385 g/mol. The van der Waals surface area contributed by atoms with Crippen LogP contribution in [0.4, 0.5) is 8.78 Å². The van der Waals surface area contributed by atoms with E-state index in [4.69, 9.17) is 0 Å². The van der Waals surface area contributed by atoms with Crippen LogP contribution >= 0.6 is 15.9 Å². The molecule has 0 spiro atoms. The van der Waals surface area contributed by atoms with Crippen molar-refractivity contribution in [2.24, 2.45) is 0 Å². The first-order valence-corrected chi connectivity index (χ1v) is 8.41. The molecule has 1 aromatic heterocycles. The average Bonchev–Trinajstić information content (AvgIpc) is 2.84. The van der Waals surface area contributed by atoms with Crippen molar-refractivity contribution in [2.75, 3.05) is 0 Å². The summed E-state index contributed by atoms with van der Waals surface area (Å²) in [5.74, 6) is -1.22. The van der Waals surface area contributed by atoms with E-state index in [1.807, 2.05) is 30.5 Å². The summed E-state index contributed by atoms with van der Waals surface area (Å²) in [5, 5.41) is 2.14. The normalized spacial score (nSPS) is 11.5. The van der Waals surface area contributed by atoms with Crippen LogP contribution in [0.2, 0.25) is 0 Å². The Balaban J connectivity index is 2.20. The van der Waals surface area contributed by atoms with E-state index in [1.54, 1.807) is 0 Å². The molecular formula is C20H14BrF2N. The molecular weight excluding hydrogens is 372 g/mol. The van der Waals surface area contributed by atoms with E-state index in [0.29, 0.717) is 5.69 Å². The third kappa shape index (κ3) is 2.25. The third-order valence-corrected chi connectivity index (χ3v) is 5.06. The molecule has 0 saturated carbocycles. The van der Waals surface area contributed by atoms with E-state index < -0.39 is 11.6 Å². The first kappa shape index (κ1) is 15.3. The topological polar surface area (TPSA) is 4.93 Å². The van der Waals surface area contributed by atoms with Gasteiger partial charge in [-0.25, -0.2) is 8.78 Å². The number of aromatic nitrogens is 1. The van der Waals surface area contributed by atoms with Crippen molar-refractivity contribution in [1.82, 2.24) is 4.57 Å². The summed E-state index contributed by atoms with van der Waals surface area (Å²) in [4.78, 5) is 0. The Morgan fingerprint density at radius 2 is 1.21 bits per heavy atom. The summed E-state index contributed by atoms with van der Waals surface area (Å²) in [6, 6.07) is 15.0. The van der Waals surface area contributed by atoms with E-state index >= 15 is 0 Å². The second kappa shape index (κ2) is 5.42. The van der Waals surface area contributed by atoms with Gasteiger partial charge in [-0.3, -0.25) is 0 Å². The van der Waals surface area contributed by atoms with Gasteiger partial charge < -0.3 is 4.57 Å². The number of rotatable bonds is 1. The van der Waals surface area contributed by atoms with Gasteiger partial charge in [-0.2, -0.15) is 0 Å². The summed E-state index contributed by atoms with van der Waals surface area (Å²) < 4.78 is 30.0. The molecule has 0 aliphatic rings. The zero-order chi connectivity index (χ0) is 17.0. The zero-order valence-electron chi connectivity index (χ0n) is 13.2. The fraction of sp³-hybridized carbons (Fsp3) is 0.100. The average molecular weight is 386 g/mol. The van der Waals surface area contributed by atoms with Crippen molar-refractivity contribution in [3.8, 4) is 5.69 Å². The lowest BCUT2D eigenvalue weighted by Gasteiger charge is -2.10. The maximum absolute atomic E-state index is 14.1. The largest absolute Gasteiger partial charge is 0.309 e. The van der Waals surface area contributed by atoms with Gasteiger partial charge in [0.25, 0.3) is 0 Å². The van der Waals surface area contributed by atoms with Gasteiger partial charge in [0.2, 0.25) is 0 Å². The molecule has 4 aromatic rings. The Morgan fingerprint density at radius 3 is 1.67 bits per heavy atom. The Kier molecular flexibility index (Phi) is 3.46. The minimum Gasteiger partial charge on any atom is -0.309 e. The van der Waals surface area contributed by atoms with Gasteiger partial charge in [0.1, 0.15) is 11.6 Å². The smallest absolute Gasteiger partial charge is 0.142 e. The molecule has 0 radical (unpaired) electrons. The number of fused-ring (bicyclic) bond motifs is 3. The molecule has 0 bridgehead atoms. The number of benzene rings is 3. The summed E-state index contributed by atoms with van der Waals surface area (Å²) >= 11 is 2.94. The molecule has 4 heteroatoms. The summed E-state index contributed by atoms with van der Waals surface area (Å²) in [6.07, 6.45) is 0. The van der Waals surface area contributed by atoms with Gasteiger partial charge in [-0.15, -0.1) is 0 Å². The van der Waals surface area contributed by atoms with Crippen molar-refractivity contribution < 1.29 is 8.78 Å². The van der Waals surface area contributed by atoms with E-state index in [-0.39, 0.29) is 4.47 Å². The van der Waals surface area contributed by atoms with Gasteiger partial charge in [0.15, 0.2) is 0 Å². The Hall–Kier alpha value is -2.20. The van der Waals surface area contributed by atoms with Crippen LogP contribution in [0.15, 0.2) is 53.0 Å². The van der Waals surface area contributed by atoms with Crippen LogP contribution in [0, 0.1) is 25.5 Å². The van der Waals surface area contributed by atoms with Crippen LogP contribution in [0.3, 0.4) is 0 Å². The summed E-state index contributed by atoms with van der Waals surface area (Å²) in [7, 11) is 0. The molecule has 120 valence electrons. The van der Waals surface area contributed by atoms with Crippen LogP contribution < -0.4 is 0 Å². The van der Waals surface area contributed by atoms with Crippen molar-refractivity contribution >= 4 is 37.7 Å². The van der Waals surface area contributed by atoms with Gasteiger partial charge >= 0.3 is 0 Å². The Morgan fingerprint density at radius 1 is 0.750 bits per heavy atom. The number of aryl methyl sites for hydroxylation is 2. The first-order chi connectivity index (χ1) is 11.5. The molecule has 0 atom stereocenters. The van der Waals surface area contributed by atoms with Gasteiger partial charge in [-0.1, -0.05) is 24.3 Å². The Bertz CT molecular complexity index is 1030. The molecule has 0 amide bonds. The zero-order valence-corrected chi connectivity index (χ0v) is 14.8. The lowest BCUT2D eigenvalue weighted by molar-refractivity contribution is 0.570. The van der Waals surface area contributed by atoms with Gasteiger partial charge in [0, 0.05) is 10.8 Å². The van der Waals surface area contributed by atoms with E-state index in [0.717, 1.165) is 32.9 Å². The highest BCUT2D eigenvalue weighted by atomic mass is 79.9. The molecule has 3 aromatic carbocycles. The molecule has 0 saturated heterocycles. The molecule has 1 heterocycles. The van der Waals surface area contributed by atoms with Gasteiger partial charge in [0.05, 0.1) is 21.2 Å². The van der Waals surface area contributed by atoms with Crippen molar-refractivity contribution in [2.45, 2.75) is 13.8 Å². The minimum absolute atomic E-state index is 0.139. The second-order valence-corrected chi connectivity index (χ2v) is 6.89. The van der Waals surface area contributed by atoms with E-state index in [1.165, 1.54) is 12.1 Å². The summed E-state index contributed by atoms with van der Waals surface area (Å²) in [6.45, 7) is 4.02. The highest BCUT2D eigenvalue weighted by Gasteiger charge is 2.16. The molecule has 1 nitrogen and oxygen atoms in total.